The second-order valence-corrected chi connectivity index (χ2v) is 13.2. The Balaban J connectivity index is 1.27. The smallest absolute Gasteiger partial charge is 0.408 e. The minimum Gasteiger partial charge on any atom is -0.493 e. The minimum atomic E-state index is -3.74. The van der Waals surface area contributed by atoms with Crippen LogP contribution < -0.4 is 20.1 Å². The fourth-order valence-corrected chi connectivity index (χ4v) is 6.64. The lowest BCUT2D eigenvalue weighted by molar-refractivity contribution is -0.769. The SMILES string of the molecule is CCOc1cc([C@@H](CS(C)(=O)=O)N2C(=O)c3cccc(NC(=O)CNC(=O)O[C@H]4CO[C@H]5[C@@H]4OC[C@H]5O[N+](=O)[O-])c3C2=O)ccc1OC. The third-order valence-corrected chi connectivity index (χ3v) is 8.62. The van der Waals surface area contributed by atoms with Crippen LogP contribution in [0.2, 0.25) is 0 Å². The average Bonchev–Trinajstić information content (AvgIpc) is 3.68. The van der Waals surface area contributed by atoms with Gasteiger partial charge in [0.1, 0.15) is 28.6 Å². The minimum absolute atomic E-state index is 0.0421. The largest absolute Gasteiger partial charge is 0.493 e. The highest BCUT2D eigenvalue weighted by Crippen LogP contribution is 2.38. The van der Waals surface area contributed by atoms with Crippen molar-refractivity contribution in [1.82, 2.24) is 10.2 Å². The molecule has 258 valence electrons. The number of hydrogen-bond donors (Lipinski definition) is 2. The average molecular weight is 693 g/mol. The molecule has 5 rings (SSSR count). The van der Waals surface area contributed by atoms with Crippen LogP contribution >= 0.6 is 0 Å². The van der Waals surface area contributed by atoms with Gasteiger partial charge in [-0.15, -0.1) is 10.1 Å². The van der Waals surface area contributed by atoms with Crippen molar-refractivity contribution >= 4 is 39.3 Å². The van der Waals surface area contributed by atoms with Gasteiger partial charge >= 0.3 is 6.09 Å². The second kappa shape index (κ2) is 14.0. The molecule has 2 aromatic rings. The number of ether oxygens (including phenoxy) is 5. The highest BCUT2D eigenvalue weighted by Gasteiger charge is 2.51. The number of methoxy groups -OCH3 is 1. The number of anilines is 1. The number of carbonyl (C=O) groups excluding carboxylic acids is 4. The van der Waals surface area contributed by atoms with Gasteiger partial charge in [-0.05, 0) is 36.8 Å². The van der Waals surface area contributed by atoms with E-state index in [0.29, 0.717) is 11.3 Å². The van der Waals surface area contributed by atoms with Gasteiger partial charge in [0.15, 0.2) is 23.7 Å². The topological polar surface area (TPSA) is 228 Å². The molecule has 19 heteroatoms. The molecule has 0 bridgehead atoms. The van der Waals surface area contributed by atoms with Gasteiger partial charge in [-0.1, -0.05) is 12.1 Å². The van der Waals surface area contributed by atoms with E-state index in [2.05, 4.69) is 15.5 Å². The van der Waals surface area contributed by atoms with Crippen molar-refractivity contribution in [3.63, 3.8) is 0 Å². The molecule has 18 nitrogen and oxygen atoms in total. The van der Waals surface area contributed by atoms with Gasteiger partial charge in [-0.3, -0.25) is 19.3 Å². The van der Waals surface area contributed by atoms with E-state index in [-0.39, 0.29) is 42.4 Å². The zero-order valence-corrected chi connectivity index (χ0v) is 26.7. The third-order valence-electron chi connectivity index (χ3n) is 7.70. The van der Waals surface area contributed by atoms with Crippen LogP contribution in [0.25, 0.3) is 0 Å². The molecule has 0 aliphatic carbocycles. The Morgan fingerprint density at radius 1 is 1.08 bits per heavy atom. The van der Waals surface area contributed by atoms with Crippen LogP contribution in [0.4, 0.5) is 10.5 Å². The standard InChI is InChI=1S/C29H32N4O14S/c1-4-43-20-10-15(8-9-19(20)42-2)18(14-48(3,40)41)32-27(35)16-6-5-7-17(24(16)28(32)36)31-23(34)11-30-29(37)46-21-12-44-26-22(47-33(38)39)13-45-25(21)26/h5-10,18,21-22,25-26H,4,11-14H2,1-3H3,(H,30,37)(H,31,34)/t18-,21+,22-,25-,26-/m1/s1. The van der Waals surface area contributed by atoms with Gasteiger partial charge in [0.2, 0.25) is 5.91 Å². The van der Waals surface area contributed by atoms with Gasteiger partial charge in [0, 0.05) is 6.26 Å². The third kappa shape index (κ3) is 7.26. The molecule has 4 amide bonds. The summed E-state index contributed by atoms with van der Waals surface area (Å²) >= 11 is 0. The Hall–Kier alpha value is -5.01. The van der Waals surface area contributed by atoms with E-state index in [1.807, 2.05) is 0 Å². The highest BCUT2D eigenvalue weighted by molar-refractivity contribution is 7.90. The number of amides is 4. The summed E-state index contributed by atoms with van der Waals surface area (Å²) in [6, 6.07) is 7.52. The summed E-state index contributed by atoms with van der Waals surface area (Å²) in [6.07, 6.45) is -3.54. The molecule has 2 aromatic carbocycles. The van der Waals surface area contributed by atoms with Crippen molar-refractivity contribution in [3.8, 4) is 11.5 Å². The first-order valence-corrected chi connectivity index (χ1v) is 16.6. The number of alkyl carbamates (subject to hydrolysis) is 1. The maximum absolute atomic E-state index is 13.8. The molecule has 5 atom stereocenters. The maximum Gasteiger partial charge on any atom is 0.408 e. The molecule has 3 aliphatic heterocycles. The molecular weight excluding hydrogens is 660 g/mol. The summed E-state index contributed by atoms with van der Waals surface area (Å²) < 4.78 is 52.0. The molecule has 2 N–H and O–H groups in total. The summed E-state index contributed by atoms with van der Waals surface area (Å²) in [5.41, 5.74) is 0.0401. The summed E-state index contributed by atoms with van der Waals surface area (Å²) in [6.45, 7) is 1.16. The highest BCUT2D eigenvalue weighted by atomic mass is 32.2. The summed E-state index contributed by atoms with van der Waals surface area (Å²) in [4.78, 5) is 68.7. The van der Waals surface area contributed by atoms with E-state index in [4.69, 9.17) is 23.7 Å². The van der Waals surface area contributed by atoms with Crippen LogP contribution in [0.3, 0.4) is 0 Å². The molecule has 0 spiro atoms. The van der Waals surface area contributed by atoms with E-state index >= 15 is 0 Å². The Bertz CT molecular complexity index is 1730. The van der Waals surface area contributed by atoms with Crippen molar-refractivity contribution in [1.29, 1.82) is 0 Å². The number of fused-ring (bicyclic) bond motifs is 2. The van der Waals surface area contributed by atoms with Crippen LogP contribution in [0.1, 0.15) is 39.2 Å². The lowest BCUT2D eigenvalue weighted by atomic mass is 10.1. The van der Waals surface area contributed by atoms with Crippen LogP contribution in [-0.4, -0.2) is 112 Å². The van der Waals surface area contributed by atoms with Gasteiger partial charge < -0.3 is 39.2 Å². The van der Waals surface area contributed by atoms with E-state index in [1.165, 1.54) is 43.5 Å². The fraction of sp³-hybridized carbons (Fsp3) is 0.448. The molecule has 2 saturated heterocycles. The lowest BCUT2D eigenvalue weighted by Crippen LogP contribution is -2.40. The van der Waals surface area contributed by atoms with Crippen molar-refractivity contribution < 1.29 is 61.2 Å². The van der Waals surface area contributed by atoms with Gasteiger partial charge in [-0.2, -0.15) is 0 Å². The number of carbonyl (C=O) groups is 4. The first-order valence-electron chi connectivity index (χ1n) is 14.6. The number of benzene rings is 2. The van der Waals surface area contributed by atoms with E-state index < -0.39 is 81.5 Å². The number of imide groups is 1. The number of nitrogens with zero attached hydrogens (tertiary/aromatic N) is 2. The fourth-order valence-electron chi connectivity index (χ4n) is 5.72. The molecule has 0 radical (unpaired) electrons. The van der Waals surface area contributed by atoms with Crippen LogP contribution in [0.5, 0.6) is 11.5 Å². The Labute approximate surface area is 273 Å². The Morgan fingerprint density at radius 2 is 1.79 bits per heavy atom. The molecule has 2 fully saturated rings. The predicted molar refractivity (Wildman–Crippen MR) is 162 cm³/mol. The molecule has 0 aromatic heterocycles. The zero-order chi connectivity index (χ0) is 34.7. The van der Waals surface area contributed by atoms with Crippen molar-refractivity contribution in [3.05, 3.63) is 63.2 Å². The molecule has 48 heavy (non-hydrogen) atoms. The van der Waals surface area contributed by atoms with Crippen molar-refractivity contribution in [2.45, 2.75) is 37.4 Å². The van der Waals surface area contributed by atoms with Crippen molar-refractivity contribution in [2.75, 3.05) is 50.8 Å². The monoisotopic (exact) mass is 692 g/mol. The summed E-state index contributed by atoms with van der Waals surface area (Å²) in [7, 11) is -2.31. The van der Waals surface area contributed by atoms with E-state index in [9.17, 15) is 37.7 Å². The second-order valence-electron chi connectivity index (χ2n) is 11.0. The maximum atomic E-state index is 13.8. The van der Waals surface area contributed by atoms with Crippen LogP contribution in [-0.2, 0) is 33.7 Å². The van der Waals surface area contributed by atoms with E-state index in [0.717, 1.165) is 11.2 Å². The quantitative estimate of drug-likeness (QED) is 0.169. The molecule has 3 heterocycles. The lowest BCUT2D eigenvalue weighted by Gasteiger charge is -2.27. The molecule has 0 unspecified atom stereocenters. The molecule has 3 aliphatic rings. The van der Waals surface area contributed by atoms with Gasteiger partial charge in [0.25, 0.3) is 16.9 Å². The Morgan fingerprint density at radius 3 is 2.46 bits per heavy atom. The van der Waals surface area contributed by atoms with Gasteiger partial charge in [0.05, 0.1) is 55.5 Å². The number of hydrogen-bond acceptors (Lipinski definition) is 14. The normalized spacial score (nSPS) is 22.0. The first kappa shape index (κ1) is 34.3. The van der Waals surface area contributed by atoms with E-state index in [1.54, 1.807) is 6.92 Å². The number of sulfone groups is 1. The van der Waals surface area contributed by atoms with Crippen molar-refractivity contribution in [2.24, 2.45) is 0 Å². The number of nitrogens with one attached hydrogen (secondary N) is 2. The van der Waals surface area contributed by atoms with Crippen LogP contribution in [0.15, 0.2) is 36.4 Å². The van der Waals surface area contributed by atoms with Gasteiger partial charge in [-0.25, -0.2) is 13.2 Å². The number of rotatable bonds is 13. The Kier molecular flexibility index (Phi) is 10.0. The zero-order valence-electron chi connectivity index (χ0n) is 25.9. The molecular formula is C29H32N4O14S. The summed E-state index contributed by atoms with van der Waals surface area (Å²) in [5.74, 6) is -2.32. The van der Waals surface area contributed by atoms with Crippen LogP contribution in [0, 0.1) is 10.1 Å². The first-order chi connectivity index (χ1) is 22.8. The summed E-state index contributed by atoms with van der Waals surface area (Å²) in [5, 5.41) is 14.5. The molecule has 0 saturated carbocycles. The predicted octanol–water partition coefficient (Wildman–Crippen LogP) is 0.884.